The Kier molecular flexibility index (Phi) is 5.30. The summed E-state index contributed by atoms with van der Waals surface area (Å²) in [6.45, 7) is 2.08. The van der Waals surface area contributed by atoms with Crippen LogP contribution in [0.1, 0.15) is 43.0 Å². The van der Waals surface area contributed by atoms with Gasteiger partial charge in [-0.15, -0.1) is 0 Å². The van der Waals surface area contributed by atoms with Crippen molar-refractivity contribution >= 4 is 17.7 Å². The minimum absolute atomic E-state index is 0.0431. The van der Waals surface area contributed by atoms with E-state index in [1.807, 2.05) is 0 Å². The lowest BCUT2D eigenvalue weighted by atomic mass is 10.2. The van der Waals surface area contributed by atoms with Gasteiger partial charge in [0.15, 0.2) is 0 Å². The van der Waals surface area contributed by atoms with Crippen LogP contribution in [-0.2, 0) is 4.79 Å². The highest BCUT2D eigenvalue weighted by atomic mass is 16.4. The maximum absolute atomic E-state index is 11.8. The predicted molar refractivity (Wildman–Crippen MR) is 68.7 cm³/mol. The van der Waals surface area contributed by atoms with Crippen LogP contribution in [-0.4, -0.2) is 29.0 Å². The van der Waals surface area contributed by atoms with Crippen molar-refractivity contribution in [2.45, 2.75) is 32.6 Å². The number of aromatic carboxylic acids is 1. The Labute approximate surface area is 106 Å². The van der Waals surface area contributed by atoms with E-state index in [-0.39, 0.29) is 11.5 Å². The van der Waals surface area contributed by atoms with Crippen LogP contribution in [0.5, 0.6) is 0 Å². The third kappa shape index (κ3) is 3.84. The van der Waals surface area contributed by atoms with Gasteiger partial charge in [-0.1, -0.05) is 19.8 Å². The quantitative estimate of drug-likeness (QED) is 0.786. The average Bonchev–Trinajstić information content (AvgIpc) is 2.38. The number of amides is 1. The van der Waals surface area contributed by atoms with Crippen molar-refractivity contribution in [3.8, 4) is 0 Å². The number of carbonyl (C=O) groups is 2. The fraction of sp³-hybridized carbons (Fsp3) is 0.462. The lowest BCUT2D eigenvalue weighted by molar-refractivity contribution is -0.118. The summed E-state index contributed by atoms with van der Waals surface area (Å²) in [7, 11) is 1.61. The van der Waals surface area contributed by atoms with Crippen LogP contribution in [0.2, 0.25) is 0 Å². The number of rotatable bonds is 6. The number of carboxylic acid groups (broad SMARTS) is 1. The van der Waals surface area contributed by atoms with E-state index in [4.69, 9.17) is 5.11 Å². The molecule has 18 heavy (non-hydrogen) atoms. The third-order valence-electron chi connectivity index (χ3n) is 2.70. The molecule has 1 heterocycles. The maximum Gasteiger partial charge on any atom is 0.335 e. The van der Waals surface area contributed by atoms with E-state index in [9.17, 15) is 9.59 Å². The third-order valence-corrected chi connectivity index (χ3v) is 2.70. The smallest absolute Gasteiger partial charge is 0.335 e. The van der Waals surface area contributed by atoms with E-state index in [2.05, 4.69) is 11.9 Å². The second kappa shape index (κ2) is 6.74. The topological polar surface area (TPSA) is 70.5 Å². The Morgan fingerprint density at radius 1 is 1.39 bits per heavy atom. The molecule has 0 aromatic carbocycles. The van der Waals surface area contributed by atoms with Crippen molar-refractivity contribution in [2.24, 2.45) is 0 Å². The molecule has 5 nitrogen and oxygen atoms in total. The summed E-state index contributed by atoms with van der Waals surface area (Å²) in [5.74, 6) is -0.694. The number of hydrogen-bond donors (Lipinski definition) is 1. The minimum atomic E-state index is -1.02. The molecule has 0 atom stereocenters. The highest BCUT2D eigenvalue weighted by Gasteiger charge is 2.13. The second-order valence-electron chi connectivity index (χ2n) is 4.12. The zero-order valence-corrected chi connectivity index (χ0v) is 10.7. The van der Waals surface area contributed by atoms with Crippen LogP contribution in [0.15, 0.2) is 18.3 Å². The molecule has 0 saturated carbocycles. The first-order valence-electron chi connectivity index (χ1n) is 6.02. The van der Waals surface area contributed by atoms with Gasteiger partial charge in [-0.3, -0.25) is 9.69 Å². The molecule has 0 fully saturated rings. The largest absolute Gasteiger partial charge is 0.478 e. The van der Waals surface area contributed by atoms with Crippen molar-refractivity contribution < 1.29 is 14.7 Å². The van der Waals surface area contributed by atoms with Gasteiger partial charge in [0.05, 0.1) is 5.56 Å². The van der Waals surface area contributed by atoms with Crippen molar-refractivity contribution in [1.82, 2.24) is 4.98 Å². The van der Waals surface area contributed by atoms with E-state index in [1.54, 1.807) is 7.05 Å². The zero-order chi connectivity index (χ0) is 13.5. The lowest BCUT2D eigenvalue weighted by Gasteiger charge is -2.16. The fourth-order valence-electron chi connectivity index (χ4n) is 1.56. The van der Waals surface area contributed by atoms with Crippen molar-refractivity contribution in [3.63, 3.8) is 0 Å². The van der Waals surface area contributed by atoms with Gasteiger partial charge in [0, 0.05) is 19.7 Å². The van der Waals surface area contributed by atoms with Gasteiger partial charge >= 0.3 is 5.97 Å². The molecule has 1 amide bonds. The standard InChI is InChI=1S/C13H18N2O3/c1-3-4-5-6-12(16)15(2)11-9-10(13(17)18)7-8-14-11/h7-9H,3-6H2,1-2H3,(H,17,18). The maximum atomic E-state index is 11.8. The van der Waals surface area contributed by atoms with Crippen molar-refractivity contribution in [1.29, 1.82) is 0 Å². The Hall–Kier alpha value is -1.91. The van der Waals surface area contributed by atoms with E-state index < -0.39 is 5.97 Å². The summed E-state index contributed by atoms with van der Waals surface area (Å²) < 4.78 is 0. The van der Waals surface area contributed by atoms with Crippen LogP contribution < -0.4 is 4.90 Å². The molecule has 0 aliphatic heterocycles. The highest BCUT2D eigenvalue weighted by Crippen LogP contribution is 2.13. The number of pyridine rings is 1. The molecule has 98 valence electrons. The van der Waals surface area contributed by atoms with Crippen molar-refractivity contribution in [2.75, 3.05) is 11.9 Å². The minimum Gasteiger partial charge on any atom is -0.478 e. The first-order chi connectivity index (χ1) is 8.56. The normalized spacial score (nSPS) is 10.1. The first kappa shape index (κ1) is 14.2. The van der Waals surface area contributed by atoms with E-state index in [1.165, 1.54) is 23.2 Å². The highest BCUT2D eigenvalue weighted by molar-refractivity contribution is 5.94. The molecular weight excluding hydrogens is 232 g/mol. The molecule has 0 radical (unpaired) electrons. The number of hydrogen-bond acceptors (Lipinski definition) is 3. The number of carbonyl (C=O) groups excluding carboxylic acids is 1. The molecule has 0 saturated heterocycles. The van der Waals surface area contributed by atoms with Crippen LogP contribution in [0.25, 0.3) is 0 Å². The monoisotopic (exact) mass is 250 g/mol. The van der Waals surface area contributed by atoms with Crippen LogP contribution in [0, 0.1) is 0 Å². The molecular formula is C13H18N2O3. The Balaban J connectivity index is 2.71. The summed E-state index contributed by atoms with van der Waals surface area (Å²) >= 11 is 0. The van der Waals surface area contributed by atoms with E-state index >= 15 is 0 Å². The molecule has 0 aliphatic rings. The van der Waals surface area contributed by atoms with Crippen LogP contribution >= 0.6 is 0 Å². The fourth-order valence-corrected chi connectivity index (χ4v) is 1.56. The Bertz CT molecular complexity index is 432. The SMILES string of the molecule is CCCCCC(=O)N(C)c1cc(C(=O)O)ccn1. The predicted octanol–water partition coefficient (Wildman–Crippen LogP) is 2.32. The summed E-state index contributed by atoms with van der Waals surface area (Å²) in [6.07, 6.45) is 4.78. The lowest BCUT2D eigenvalue weighted by Crippen LogP contribution is -2.26. The van der Waals surface area contributed by atoms with Gasteiger partial charge in [0.1, 0.15) is 5.82 Å². The Morgan fingerprint density at radius 3 is 2.72 bits per heavy atom. The number of nitrogens with zero attached hydrogens (tertiary/aromatic N) is 2. The van der Waals surface area contributed by atoms with Gasteiger partial charge in [-0.05, 0) is 18.6 Å². The zero-order valence-electron chi connectivity index (χ0n) is 10.7. The van der Waals surface area contributed by atoms with Gasteiger partial charge in [-0.2, -0.15) is 0 Å². The number of unbranched alkanes of at least 4 members (excludes halogenated alkanes) is 2. The molecule has 0 bridgehead atoms. The number of aromatic nitrogens is 1. The summed E-state index contributed by atoms with van der Waals surface area (Å²) in [4.78, 5) is 28.1. The Morgan fingerprint density at radius 2 is 2.11 bits per heavy atom. The molecule has 1 N–H and O–H groups in total. The molecule has 0 unspecified atom stereocenters. The molecule has 5 heteroatoms. The molecule has 1 aromatic rings. The van der Waals surface area contributed by atoms with Gasteiger partial charge < -0.3 is 5.11 Å². The first-order valence-corrected chi connectivity index (χ1v) is 6.02. The van der Waals surface area contributed by atoms with E-state index in [0.29, 0.717) is 12.2 Å². The van der Waals surface area contributed by atoms with Crippen molar-refractivity contribution in [3.05, 3.63) is 23.9 Å². The molecule has 1 rings (SSSR count). The number of carboxylic acids is 1. The summed E-state index contributed by atoms with van der Waals surface area (Å²) in [6, 6.07) is 2.81. The molecule has 1 aromatic heterocycles. The van der Waals surface area contributed by atoms with Gasteiger partial charge in [-0.25, -0.2) is 9.78 Å². The molecule has 0 aliphatic carbocycles. The van der Waals surface area contributed by atoms with Gasteiger partial charge in [0.25, 0.3) is 0 Å². The summed E-state index contributed by atoms with van der Waals surface area (Å²) in [5, 5.41) is 8.87. The van der Waals surface area contributed by atoms with E-state index in [0.717, 1.165) is 19.3 Å². The summed E-state index contributed by atoms with van der Waals surface area (Å²) in [5.41, 5.74) is 0.133. The number of anilines is 1. The second-order valence-corrected chi connectivity index (χ2v) is 4.12. The van der Waals surface area contributed by atoms with Gasteiger partial charge in [0.2, 0.25) is 5.91 Å². The van der Waals surface area contributed by atoms with Crippen LogP contribution in [0.4, 0.5) is 5.82 Å². The average molecular weight is 250 g/mol. The molecule has 0 spiro atoms. The van der Waals surface area contributed by atoms with Crippen LogP contribution in [0.3, 0.4) is 0 Å².